The van der Waals surface area contributed by atoms with Gasteiger partial charge in [-0.1, -0.05) is 37.3 Å². The number of carboxylic acids is 1. The summed E-state index contributed by atoms with van der Waals surface area (Å²) in [5, 5.41) is 12.0. The van der Waals surface area contributed by atoms with E-state index in [-0.39, 0.29) is 11.8 Å². The van der Waals surface area contributed by atoms with Crippen molar-refractivity contribution in [3.63, 3.8) is 0 Å². The SMILES string of the molecule is CCC12CCC(c3ccccc3)(C(=O)N1)N(CC(=O)O)C2=O. The highest BCUT2D eigenvalue weighted by atomic mass is 16.4. The Balaban J connectivity index is 2.16. The van der Waals surface area contributed by atoms with Crippen molar-refractivity contribution in [2.45, 2.75) is 37.3 Å². The minimum absolute atomic E-state index is 0.285. The summed E-state index contributed by atoms with van der Waals surface area (Å²) in [6.45, 7) is 1.36. The number of nitrogens with zero attached hydrogens (tertiary/aromatic N) is 1. The van der Waals surface area contributed by atoms with E-state index >= 15 is 0 Å². The lowest BCUT2D eigenvalue weighted by Gasteiger charge is -2.57. The molecule has 1 aromatic carbocycles. The number of piperazine rings is 1. The lowest BCUT2D eigenvalue weighted by Crippen LogP contribution is -2.78. The second-order valence-corrected chi connectivity index (χ2v) is 5.90. The van der Waals surface area contributed by atoms with Gasteiger partial charge in [-0.15, -0.1) is 0 Å². The first-order valence-electron chi connectivity index (χ1n) is 7.38. The predicted octanol–water partition coefficient (Wildman–Crippen LogP) is 0.867. The largest absolute Gasteiger partial charge is 0.480 e. The number of carbonyl (C=O) groups is 3. The lowest BCUT2D eigenvalue weighted by molar-refractivity contribution is -0.177. The Morgan fingerprint density at radius 2 is 1.95 bits per heavy atom. The molecule has 6 nitrogen and oxygen atoms in total. The van der Waals surface area contributed by atoms with Crippen molar-refractivity contribution in [3.05, 3.63) is 35.9 Å². The number of carbonyl (C=O) groups excluding carboxylic acids is 2. The second kappa shape index (κ2) is 4.83. The summed E-state index contributed by atoms with van der Waals surface area (Å²) in [6.07, 6.45) is 1.42. The van der Waals surface area contributed by atoms with Gasteiger partial charge in [0.1, 0.15) is 17.6 Å². The van der Waals surface area contributed by atoms with E-state index in [0.29, 0.717) is 24.8 Å². The standard InChI is InChI=1S/C16H18N2O4/c1-2-15-8-9-16(13(21)17-15,11-6-4-3-5-7-11)18(14(15)22)10-12(19)20/h3-7H,2,8-10H2,1H3,(H,17,21)(H,19,20). The van der Waals surface area contributed by atoms with E-state index in [2.05, 4.69) is 5.32 Å². The average Bonchev–Trinajstić information content (AvgIpc) is 2.52. The summed E-state index contributed by atoms with van der Waals surface area (Å²) >= 11 is 0. The molecule has 3 saturated heterocycles. The van der Waals surface area contributed by atoms with Crippen molar-refractivity contribution in [1.82, 2.24) is 10.2 Å². The van der Waals surface area contributed by atoms with E-state index in [1.807, 2.05) is 13.0 Å². The van der Waals surface area contributed by atoms with Crippen molar-refractivity contribution in [1.29, 1.82) is 0 Å². The number of piperidine rings is 2. The highest BCUT2D eigenvalue weighted by Gasteiger charge is 2.63. The van der Waals surface area contributed by atoms with Gasteiger partial charge >= 0.3 is 5.97 Å². The third kappa shape index (κ3) is 1.76. The Labute approximate surface area is 128 Å². The fraction of sp³-hybridized carbons (Fsp3) is 0.438. The summed E-state index contributed by atoms with van der Waals surface area (Å²) < 4.78 is 0. The van der Waals surface area contributed by atoms with Crippen molar-refractivity contribution >= 4 is 17.8 Å². The number of hydrogen-bond donors (Lipinski definition) is 2. The first-order valence-corrected chi connectivity index (χ1v) is 7.38. The van der Waals surface area contributed by atoms with E-state index in [9.17, 15) is 19.5 Å². The van der Waals surface area contributed by atoms with E-state index in [0.717, 1.165) is 0 Å². The Morgan fingerprint density at radius 3 is 2.50 bits per heavy atom. The fourth-order valence-corrected chi connectivity index (χ4v) is 3.64. The minimum atomic E-state index is -1.21. The number of benzene rings is 1. The molecule has 6 heteroatoms. The number of hydrogen-bond acceptors (Lipinski definition) is 3. The van der Waals surface area contributed by atoms with Gasteiger partial charge in [0.2, 0.25) is 5.91 Å². The maximum absolute atomic E-state index is 12.8. The molecule has 116 valence electrons. The van der Waals surface area contributed by atoms with Crippen LogP contribution >= 0.6 is 0 Å². The van der Waals surface area contributed by atoms with Crippen LogP contribution in [0.1, 0.15) is 31.7 Å². The van der Waals surface area contributed by atoms with E-state index in [1.165, 1.54) is 4.90 Å². The van der Waals surface area contributed by atoms with Gasteiger partial charge in [0, 0.05) is 0 Å². The van der Waals surface area contributed by atoms with Crippen LogP contribution in [-0.2, 0) is 19.9 Å². The molecule has 22 heavy (non-hydrogen) atoms. The Morgan fingerprint density at radius 1 is 1.27 bits per heavy atom. The lowest BCUT2D eigenvalue weighted by atomic mass is 9.68. The molecule has 2 amide bonds. The molecule has 1 aromatic rings. The quantitative estimate of drug-likeness (QED) is 0.864. The molecule has 2 bridgehead atoms. The van der Waals surface area contributed by atoms with Crippen LogP contribution in [0.5, 0.6) is 0 Å². The third-order valence-corrected chi connectivity index (χ3v) is 4.91. The van der Waals surface area contributed by atoms with Crippen LogP contribution in [0, 0.1) is 0 Å². The summed E-state index contributed by atoms with van der Waals surface area (Å²) in [5.41, 5.74) is -1.51. The van der Waals surface area contributed by atoms with Gasteiger partial charge in [-0.2, -0.15) is 0 Å². The molecule has 0 aliphatic carbocycles. The molecule has 3 heterocycles. The van der Waals surface area contributed by atoms with Crippen molar-refractivity contribution in [2.75, 3.05) is 6.54 Å². The summed E-state index contributed by atoms with van der Waals surface area (Å²) in [6, 6.07) is 8.94. The van der Waals surface area contributed by atoms with Gasteiger partial charge in [-0.3, -0.25) is 14.4 Å². The van der Waals surface area contributed by atoms with E-state index < -0.39 is 23.6 Å². The maximum atomic E-state index is 12.8. The maximum Gasteiger partial charge on any atom is 0.323 e. The van der Waals surface area contributed by atoms with E-state index in [4.69, 9.17) is 0 Å². The molecule has 3 aliphatic heterocycles. The van der Waals surface area contributed by atoms with Gasteiger partial charge in [0.05, 0.1) is 0 Å². The van der Waals surface area contributed by atoms with Crippen LogP contribution in [0.4, 0.5) is 0 Å². The zero-order valence-electron chi connectivity index (χ0n) is 12.3. The van der Waals surface area contributed by atoms with Crippen LogP contribution in [-0.4, -0.2) is 39.9 Å². The molecule has 0 radical (unpaired) electrons. The van der Waals surface area contributed by atoms with Crippen molar-refractivity contribution < 1.29 is 19.5 Å². The number of rotatable bonds is 4. The molecule has 3 aliphatic rings. The van der Waals surface area contributed by atoms with Crippen molar-refractivity contribution in [3.8, 4) is 0 Å². The number of carboxylic acid groups (broad SMARTS) is 1. The summed E-state index contributed by atoms with van der Waals surface area (Å²) in [5.74, 6) is -1.70. The van der Waals surface area contributed by atoms with Gasteiger partial charge in [-0.05, 0) is 24.8 Å². The second-order valence-electron chi connectivity index (χ2n) is 5.90. The minimum Gasteiger partial charge on any atom is -0.480 e. The predicted molar refractivity (Wildman–Crippen MR) is 77.9 cm³/mol. The van der Waals surface area contributed by atoms with Crippen LogP contribution in [0.3, 0.4) is 0 Å². The number of fused-ring (bicyclic) bond motifs is 3. The van der Waals surface area contributed by atoms with Gasteiger partial charge in [0.15, 0.2) is 0 Å². The number of amides is 2. The first-order chi connectivity index (χ1) is 10.5. The highest BCUT2D eigenvalue weighted by Crippen LogP contribution is 2.47. The number of aliphatic carboxylic acids is 1. The van der Waals surface area contributed by atoms with Crippen LogP contribution in [0.25, 0.3) is 0 Å². The van der Waals surface area contributed by atoms with Crippen LogP contribution in [0.2, 0.25) is 0 Å². The highest BCUT2D eigenvalue weighted by molar-refractivity contribution is 6.05. The molecule has 0 aromatic heterocycles. The van der Waals surface area contributed by atoms with Gasteiger partial charge in [-0.25, -0.2) is 0 Å². The normalized spacial score (nSPS) is 30.3. The summed E-state index contributed by atoms with van der Waals surface area (Å²) in [7, 11) is 0. The molecular formula is C16H18N2O4. The fourth-order valence-electron chi connectivity index (χ4n) is 3.64. The topological polar surface area (TPSA) is 86.7 Å². The third-order valence-electron chi connectivity index (χ3n) is 4.91. The zero-order chi connectivity index (χ0) is 16.0. The van der Waals surface area contributed by atoms with Gasteiger partial charge < -0.3 is 15.3 Å². The Bertz CT molecular complexity index is 645. The van der Waals surface area contributed by atoms with Crippen molar-refractivity contribution in [2.24, 2.45) is 0 Å². The molecule has 0 spiro atoms. The zero-order valence-corrected chi connectivity index (χ0v) is 12.3. The number of nitrogens with one attached hydrogen (secondary N) is 1. The smallest absolute Gasteiger partial charge is 0.323 e. The van der Waals surface area contributed by atoms with E-state index in [1.54, 1.807) is 24.3 Å². The van der Waals surface area contributed by atoms with Gasteiger partial charge in [0.25, 0.3) is 5.91 Å². The molecule has 0 saturated carbocycles. The monoisotopic (exact) mass is 302 g/mol. The summed E-state index contributed by atoms with van der Waals surface area (Å²) in [4.78, 5) is 38.1. The molecule has 3 fully saturated rings. The molecular weight excluding hydrogens is 284 g/mol. The Kier molecular flexibility index (Phi) is 3.20. The molecule has 4 rings (SSSR count). The molecule has 2 unspecified atom stereocenters. The molecule has 2 atom stereocenters. The molecule has 2 N–H and O–H groups in total. The Hall–Kier alpha value is -2.37. The first kappa shape index (κ1) is 14.6. The van der Waals surface area contributed by atoms with Crippen LogP contribution < -0.4 is 5.32 Å². The average molecular weight is 302 g/mol. The van der Waals surface area contributed by atoms with Crippen LogP contribution in [0.15, 0.2) is 30.3 Å².